The van der Waals surface area contributed by atoms with E-state index in [-0.39, 0.29) is 0 Å². The first-order chi connectivity index (χ1) is 16.9. The standard InChI is InChI=1S/C32H22N2/c1-3-13-25-22(9-1)11-7-17-31(25)34(32-18-8-12-23-10-2-4-14-26(23)32)24-19-20-30-28(21-24)27-15-5-6-16-29(27)33-30/h1-21,33H. The second-order valence-electron chi connectivity index (χ2n) is 8.73. The molecule has 0 radical (unpaired) electrons. The van der Waals surface area contributed by atoms with Gasteiger partial charge < -0.3 is 9.88 Å². The Morgan fingerprint density at radius 2 is 0.941 bits per heavy atom. The number of anilines is 3. The molecule has 0 aliphatic rings. The summed E-state index contributed by atoms with van der Waals surface area (Å²) in [6.07, 6.45) is 0. The summed E-state index contributed by atoms with van der Waals surface area (Å²) in [5.74, 6) is 0. The summed E-state index contributed by atoms with van der Waals surface area (Å²) in [7, 11) is 0. The normalized spacial score (nSPS) is 11.5. The van der Waals surface area contributed by atoms with Crippen LogP contribution < -0.4 is 4.90 Å². The smallest absolute Gasteiger partial charge is 0.0540 e. The number of aromatic nitrogens is 1. The van der Waals surface area contributed by atoms with E-state index in [0.717, 1.165) is 16.7 Å². The second kappa shape index (κ2) is 7.50. The van der Waals surface area contributed by atoms with Crippen molar-refractivity contribution in [1.29, 1.82) is 0 Å². The van der Waals surface area contributed by atoms with Gasteiger partial charge in [0.15, 0.2) is 0 Å². The lowest BCUT2D eigenvalue weighted by molar-refractivity contribution is 1.32. The molecule has 0 fully saturated rings. The van der Waals surface area contributed by atoms with Gasteiger partial charge in [0.1, 0.15) is 0 Å². The number of nitrogens with one attached hydrogen (secondary N) is 1. The monoisotopic (exact) mass is 434 g/mol. The highest BCUT2D eigenvalue weighted by molar-refractivity contribution is 6.10. The molecular formula is C32H22N2. The van der Waals surface area contributed by atoms with Crippen molar-refractivity contribution in [3.8, 4) is 0 Å². The summed E-state index contributed by atoms with van der Waals surface area (Å²) in [5.41, 5.74) is 5.81. The number of benzene rings is 6. The zero-order valence-electron chi connectivity index (χ0n) is 18.6. The van der Waals surface area contributed by atoms with Crippen LogP contribution in [0.2, 0.25) is 0 Å². The van der Waals surface area contributed by atoms with Gasteiger partial charge >= 0.3 is 0 Å². The van der Waals surface area contributed by atoms with Crippen molar-refractivity contribution in [3.05, 3.63) is 127 Å². The van der Waals surface area contributed by atoms with Gasteiger partial charge in [-0.05, 0) is 47.2 Å². The van der Waals surface area contributed by atoms with Crippen molar-refractivity contribution >= 4 is 60.4 Å². The minimum atomic E-state index is 1.14. The maximum atomic E-state index is 3.56. The minimum absolute atomic E-state index is 1.14. The van der Waals surface area contributed by atoms with Crippen LogP contribution in [0.4, 0.5) is 17.1 Å². The summed E-state index contributed by atoms with van der Waals surface area (Å²) in [6.45, 7) is 0. The predicted molar refractivity (Wildman–Crippen MR) is 145 cm³/mol. The van der Waals surface area contributed by atoms with Crippen LogP contribution in [0.25, 0.3) is 43.4 Å². The Morgan fingerprint density at radius 3 is 1.62 bits per heavy atom. The molecule has 7 aromatic rings. The quantitative estimate of drug-likeness (QED) is 0.294. The fourth-order valence-electron chi connectivity index (χ4n) is 5.19. The third kappa shape index (κ3) is 2.89. The van der Waals surface area contributed by atoms with Crippen molar-refractivity contribution in [2.45, 2.75) is 0 Å². The Labute approximate surface area is 197 Å². The molecule has 160 valence electrons. The first kappa shape index (κ1) is 19.0. The molecule has 0 bridgehead atoms. The van der Waals surface area contributed by atoms with Gasteiger partial charge in [-0.15, -0.1) is 0 Å². The minimum Gasteiger partial charge on any atom is -0.355 e. The van der Waals surface area contributed by atoms with Crippen molar-refractivity contribution in [3.63, 3.8) is 0 Å². The first-order valence-corrected chi connectivity index (χ1v) is 11.6. The van der Waals surface area contributed by atoms with Gasteiger partial charge in [-0.25, -0.2) is 0 Å². The molecule has 6 aromatic carbocycles. The van der Waals surface area contributed by atoms with Gasteiger partial charge in [0.05, 0.1) is 11.4 Å². The van der Waals surface area contributed by atoms with Crippen LogP contribution >= 0.6 is 0 Å². The van der Waals surface area contributed by atoms with Crippen LogP contribution in [-0.4, -0.2) is 4.98 Å². The van der Waals surface area contributed by atoms with E-state index in [0.29, 0.717) is 0 Å². The van der Waals surface area contributed by atoms with Gasteiger partial charge in [0, 0.05) is 38.3 Å². The fraction of sp³-hybridized carbons (Fsp3) is 0. The number of H-pyrrole nitrogens is 1. The molecule has 0 amide bonds. The van der Waals surface area contributed by atoms with E-state index in [4.69, 9.17) is 0 Å². The van der Waals surface area contributed by atoms with Gasteiger partial charge in [0.25, 0.3) is 0 Å². The lowest BCUT2D eigenvalue weighted by atomic mass is 10.0. The van der Waals surface area contributed by atoms with E-state index in [2.05, 4.69) is 137 Å². The molecule has 0 spiro atoms. The van der Waals surface area contributed by atoms with Crippen LogP contribution in [-0.2, 0) is 0 Å². The third-order valence-electron chi connectivity index (χ3n) is 6.76. The summed E-state index contributed by atoms with van der Waals surface area (Å²) >= 11 is 0. The summed E-state index contributed by atoms with van der Waals surface area (Å²) in [4.78, 5) is 5.97. The molecule has 0 aliphatic carbocycles. The molecule has 0 saturated heterocycles. The van der Waals surface area contributed by atoms with E-state index < -0.39 is 0 Å². The highest BCUT2D eigenvalue weighted by atomic mass is 15.1. The average Bonchev–Trinajstić information content (AvgIpc) is 3.27. The van der Waals surface area contributed by atoms with E-state index in [9.17, 15) is 0 Å². The highest BCUT2D eigenvalue weighted by Gasteiger charge is 2.18. The fourth-order valence-corrected chi connectivity index (χ4v) is 5.19. The number of hydrogen-bond acceptors (Lipinski definition) is 1. The molecule has 2 nitrogen and oxygen atoms in total. The van der Waals surface area contributed by atoms with Gasteiger partial charge in [0.2, 0.25) is 0 Å². The van der Waals surface area contributed by atoms with Crippen LogP contribution in [0.5, 0.6) is 0 Å². The largest absolute Gasteiger partial charge is 0.355 e. The van der Waals surface area contributed by atoms with Crippen molar-refractivity contribution in [2.75, 3.05) is 4.90 Å². The topological polar surface area (TPSA) is 19.0 Å². The second-order valence-corrected chi connectivity index (χ2v) is 8.73. The van der Waals surface area contributed by atoms with Crippen LogP contribution in [0.3, 0.4) is 0 Å². The Bertz CT molecular complexity index is 1740. The van der Waals surface area contributed by atoms with Crippen LogP contribution in [0.1, 0.15) is 0 Å². The number of aromatic amines is 1. The zero-order valence-corrected chi connectivity index (χ0v) is 18.6. The lowest BCUT2D eigenvalue weighted by Gasteiger charge is -2.28. The van der Waals surface area contributed by atoms with E-state index in [1.54, 1.807) is 0 Å². The number of fused-ring (bicyclic) bond motifs is 5. The molecular weight excluding hydrogens is 412 g/mol. The van der Waals surface area contributed by atoms with E-state index >= 15 is 0 Å². The molecule has 1 aromatic heterocycles. The molecule has 1 N–H and O–H groups in total. The SMILES string of the molecule is c1ccc2c(N(c3ccc4[nH]c5ccccc5c4c3)c3cccc4ccccc34)cccc2c1. The molecule has 7 rings (SSSR count). The Morgan fingerprint density at radius 1 is 0.412 bits per heavy atom. The van der Waals surface area contributed by atoms with E-state index in [1.165, 1.54) is 43.7 Å². The first-order valence-electron chi connectivity index (χ1n) is 11.6. The number of para-hydroxylation sites is 1. The lowest BCUT2D eigenvalue weighted by Crippen LogP contribution is -2.11. The van der Waals surface area contributed by atoms with Gasteiger partial charge in [-0.2, -0.15) is 0 Å². The average molecular weight is 435 g/mol. The van der Waals surface area contributed by atoms with Crippen molar-refractivity contribution in [1.82, 2.24) is 4.98 Å². The Balaban J connectivity index is 1.57. The molecule has 0 atom stereocenters. The maximum Gasteiger partial charge on any atom is 0.0540 e. The van der Waals surface area contributed by atoms with E-state index in [1.807, 2.05) is 0 Å². The molecule has 1 heterocycles. The van der Waals surface area contributed by atoms with Crippen molar-refractivity contribution < 1.29 is 0 Å². The maximum absolute atomic E-state index is 3.56. The van der Waals surface area contributed by atoms with Crippen molar-refractivity contribution in [2.24, 2.45) is 0 Å². The third-order valence-corrected chi connectivity index (χ3v) is 6.76. The molecule has 34 heavy (non-hydrogen) atoms. The molecule has 0 saturated carbocycles. The Hall–Kier alpha value is -4.56. The molecule has 0 aliphatic heterocycles. The van der Waals surface area contributed by atoms with Gasteiger partial charge in [-0.3, -0.25) is 0 Å². The number of nitrogens with zero attached hydrogens (tertiary/aromatic N) is 1. The Kier molecular flexibility index (Phi) is 4.18. The number of rotatable bonds is 3. The summed E-state index contributed by atoms with van der Waals surface area (Å²) in [6, 6.07) is 45.6. The number of hydrogen-bond donors (Lipinski definition) is 1. The van der Waals surface area contributed by atoms with Gasteiger partial charge in [-0.1, -0.05) is 91.0 Å². The highest BCUT2D eigenvalue weighted by Crippen LogP contribution is 2.43. The van der Waals surface area contributed by atoms with Crippen LogP contribution in [0, 0.1) is 0 Å². The predicted octanol–water partition coefficient (Wildman–Crippen LogP) is 9.10. The van der Waals surface area contributed by atoms with Crippen LogP contribution in [0.15, 0.2) is 127 Å². The zero-order chi connectivity index (χ0) is 22.5. The molecule has 2 heteroatoms. The summed E-state index contributed by atoms with van der Waals surface area (Å²) < 4.78 is 0. The summed E-state index contributed by atoms with van der Waals surface area (Å²) in [5, 5.41) is 7.42. The molecule has 0 unspecified atom stereocenters.